The maximum Gasteiger partial charge on any atom is 0.475 e. The zero-order chi connectivity index (χ0) is 11.7. The lowest BCUT2D eigenvalue weighted by atomic mass is 10.7. The molecule has 3 aliphatic heterocycles. The summed E-state index contributed by atoms with van der Waals surface area (Å²) in [6.45, 7) is 0.236. The van der Waals surface area contributed by atoms with Gasteiger partial charge in [0.25, 0.3) is 0 Å². The van der Waals surface area contributed by atoms with E-state index in [4.69, 9.17) is 13.6 Å². The Bertz CT molecular complexity index is 358. The molecule has 0 atom stereocenters. The second kappa shape index (κ2) is 4.30. The second-order valence-electron chi connectivity index (χ2n) is 3.47. The minimum absolute atomic E-state index is 0.0786. The fraction of sp³-hybridized carbons (Fsp3) is 1.00. The molecule has 10 nitrogen and oxygen atoms in total. The molecule has 3 aliphatic rings. The van der Waals surface area contributed by atoms with E-state index in [1.807, 2.05) is 0 Å². The summed E-state index contributed by atoms with van der Waals surface area (Å²) < 4.78 is 27.3. The lowest BCUT2D eigenvalue weighted by Gasteiger charge is -2.15. The lowest BCUT2D eigenvalue weighted by molar-refractivity contribution is 0.112. The molecule has 0 N–H and O–H groups in total. The lowest BCUT2D eigenvalue weighted by Crippen LogP contribution is -2.10. The predicted octanol–water partition coefficient (Wildman–Crippen LogP) is 1.52. The van der Waals surface area contributed by atoms with E-state index in [9.17, 15) is 4.57 Å². The van der Waals surface area contributed by atoms with Gasteiger partial charge in [0.2, 0.25) is 18.5 Å². The zero-order valence-electron chi connectivity index (χ0n) is 8.62. The molecule has 0 aromatic carbocycles. The molecule has 0 spiro atoms. The first-order chi connectivity index (χ1) is 8.23. The van der Waals surface area contributed by atoms with E-state index in [0.29, 0.717) is 0 Å². The van der Waals surface area contributed by atoms with Crippen molar-refractivity contribution in [2.75, 3.05) is 19.8 Å². The van der Waals surface area contributed by atoms with Crippen LogP contribution in [0.15, 0.2) is 30.7 Å². The quantitative estimate of drug-likeness (QED) is 0.583. The van der Waals surface area contributed by atoms with Crippen molar-refractivity contribution in [3.63, 3.8) is 0 Å². The van der Waals surface area contributed by atoms with E-state index in [1.165, 1.54) is 0 Å². The normalized spacial score (nSPS) is 22.4. The van der Waals surface area contributed by atoms with Crippen molar-refractivity contribution in [1.82, 2.24) is 0 Å². The molecular weight excluding hydrogens is 251 g/mol. The Hall–Kier alpha value is -1.09. The SMILES string of the molecule is O=P(OCC1N=N1)(OCC1N=N1)OCC1N=N1. The number of hydrogen-bond acceptors (Lipinski definition) is 10. The van der Waals surface area contributed by atoms with Crippen molar-refractivity contribution in [2.24, 2.45) is 30.7 Å². The highest BCUT2D eigenvalue weighted by atomic mass is 31.2. The average Bonchev–Trinajstić information content (AvgIpc) is 3.17. The maximum absolute atomic E-state index is 12.1. The first kappa shape index (κ1) is 11.0. The summed E-state index contributed by atoms with van der Waals surface area (Å²) in [5.41, 5.74) is 0. The molecular formula is C6H9N6O4P. The summed E-state index contributed by atoms with van der Waals surface area (Å²) in [4.78, 5) is 0. The highest BCUT2D eigenvalue weighted by Gasteiger charge is 2.34. The van der Waals surface area contributed by atoms with Gasteiger partial charge in [-0.2, -0.15) is 30.7 Å². The van der Waals surface area contributed by atoms with E-state index in [2.05, 4.69) is 30.7 Å². The predicted molar refractivity (Wildman–Crippen MR) is 51.4 cm³/mol. The molecule has 17 heavy (non-hydrogen) atoms. The van der Waals surface area contributed by atoms with Gasteiger partial charge >= 0.3 is 7.82 Å². The highest BCUT2D eigenvalue weighted by molar-refractivity contribution is 7.48. The second-order valence-corrected chi connectivity index (χ2v) is 5.14. The first-order valence-electron chi connectivity index (χ1n) is 4.97. The van der Waals surface area contributed by atoms with Crippen LogP contribution in [0.5, 0.6) is 0 Å². The van der Waals surface area contributed by atoms with Crippen LogP contribution in [-0.4, -0.2) is 38.3 Å². The fourth-order valence-electron chi connectivity index (χ4n) is 0.927. The van der Waals surface area contributed by atoms with Gasteiger partial charge in [0.15, 0.2) is 0 Å². The molecule has 0 aromatic heterocycles. The Balaban J connectivity index is 1.45. The van der Waals surface area contributed by atoms with Gasteiger partial charge in [0.1, 0.15) is 19.8 Å². The van der Waals surface area contributed by atoms with Crippen molar-refractivity contribution in [3.05, 3.63) is 0 Å². The van der Waals surface area contributed by atoms with Crippen LogP contribution in [0.3, 0.4) is 0 Å². The smallest absolute Gasteiger partial charge is 0.282 e. The minimum Gasteiger partial charge on any atom is -0.282 e. The van der Waals surface area contributed by atoms with Gasteiger partial charge in [0, 0.05) is 0 Å². The molecule has 0 saturated carbocycles. The summed E-state index contributed by atoms with van der Waals surface area (Å²) in [5, 5.41) is 21.7. The molecule has 0 amide bonds. The molecule has 11 heteroatoms. The summed E-state index contributed by atoms with van der Waals surface area (Å²) >= 11 is 0. The van der Waals surface area contributed by atoms with Crippen LogP contribution < -0.4 is 0 Å². The molecule has 0 radical (unpaired) electrons. The van der Waals surface area contributed by atoms with E-state index >= 15 is 0 Å². The van der Waals surface area contributed by atoms with Crippen molar-refractivity contribution in [1.29, 1.82) is 0 Å². The van der Waals surface area contributed by atoms with Gasteiger partial charge in [-0.1, -0.05) is 0 Å². The maximum atomic E-state index is 12.1. The van der Waals surface area contributed by atoms with Crippen LogP contribution in [0.25, 0.3) is 0 Å². The van der Waals surface area contributed by atoms with Gasteiger partial charge in [-0.05, 0) is 0 Å². The molecule has 0 aromatic rings. The van der Waals surface area contributed by atoms with Gasteiger partial charge in [-0.3, -0.25) is 13.6 Å². The highest BCUT2D eigenvalue weighted by Crippen LogP contribution is 2.51. The summed E-state index contributed by atoms with van der Waals surface area (Å²) in [6.07, 6.45) is -0.789. The van der Waals surface area contributed by atoms with Crippen LogP contribution in [0, 0.1) is 0 Å². The van der Waals surface area contributed by atoms with Crippen molar-refractivity contribution in [2.45, 2.75) is 18.5 Å². The van der Waals surface area contributed by atoms with E-state index < -0.39 is 7.82 Å². The Morgan fingerprint density at radius 3 is 1.24 bits per heavy atom. The van der Waals surface area contributed by atoms with Gasteiger partial charge in [-0.25, -0.2) is 4.57 Å². The summed E-state index contributed by atoms with van der Waals surface area (Å²) in [6, 6.07) is 0. The summed E-state index contributed by atoms with van der Waals surface area (Å²) in [5.74, 6) is 0. The molecule has 3 heterocycles. The largest absolute Gasteiger partial charge is 0.475 e. The molecule has 92 valence electrons. The average molecular weight is 260 g/mol. The Kier molecular flexibility index (Phi) is 2.79. The molecule has 0 bridgehead atoms. The van der Waals surface area contributed by atoms with E-state index in [-0.39, 0.29) is 38.3 Å². The van der Waals surface area contributed by atoms with Gasteiger partial charge < -0.3 is 0 Å². The topological polar surface area (TPSA) is 119 Å². The van der Waals surface area contributed by atoms with E-state index in [0.717, 1.165) is 0 Å². The number of rotatable bonds is 9. The van der Waals surface area contributed by atoms with E-state index in [1.54, 1.807) is 0 Å². The molecule has 0 aliphatic carbocycles. The number of phosphoric ester groups is 1. The van der Waals surface area contributed by atoms with Gasteiger partial charge in [0.05, 0.1) is 0 Å². The first-order valence-corrected chi connectivity index (χ1v) is 6.43. The Morgan fingerprint density at radius 1 is 0.706 bits per heavy atom. The minimum atomic E-state index is -3.62. The van der Waals surface area contributed by atoms with Crippen molar-refractivity contribution < 1.29 is 18.1 Å². The van der Waals surface area contributed by atoms with Gasteiger partial charge in [-0.15, -0.1) is 0 Å². The number of phosphoric acid groups is 1. The molecule has 0 saturated heterocycles. The van der Waals surface area contributed by atoms with Crippen molar-refractivity contribution >= 4 is 7.82 Å². The number of hydrogen-bond donors (Lipinski definition) is 0. The third-order valence-electron chi connectivity index (χ3n) is 1.98. The Labute approximate surface area is 95.8 Å². The van der Waals surface area contributed by atoms with Crippen molar-refractivity contribution in [3.8, 4) is 0 Å². The van der Waals surface area contributed by atoms with Crippen LogP contribution >= 0.6 is 7.82 Å². The third-order valence-corrected chi connectivity index (χ3v) is 3.38. The monoisotopic (exact) mass is 260 g/mol. The molecule has 0 unspecified atom stereocenters. The fourth-order valence-corrected chi connectivity index (χ4v) is 2.10. The van der Waals surface area contributed by atoms with Crippen LogP contribution in [0.1, 0.15) is 0 Å². The Morgan fingerprint density at radius 2 is 1.00 bits per heavy atom. The number of nitrogens with zero attached hydrogens (tertiary/aromatic N) is 6. The summed E-state index contributed by atoms with van der Waals surface area (Å²) in [7, 11) is -3.62. The molecule has 3 rings (SSSR count). The standard InChI is InChI=1S/C6H9N6O4P/c13-17(14-1-4-7-8-4,15-2-5-9-10-5)16-3-6-11-12-6/h4-6H,1-3H2. The van der Waals surface area contributed by atoms with Crippen LogP contribution in [-0.2, 0) is 18.1 Å². The van der Waals surface area contributed by atoms with Crippen LogP contribution in [0.4, 0.5) is 0 Å². The zero-order valence-corrected chi connectivity index (χ0v) is 9.51. The molecule has 0 fully saturated rings. The van der Waals surface area contributed by atoms with Crippen LogP contribution in [0.2, 0.25) is 0 Å². The third kappa shape index (κ3) is 3.70.